The first-order chi connectivity index (χ1) is 4.88. The average Bonchev–Trinajstić information content (AvgIpc) is 2.34. The third-order valence-corrected chi connectivity index (χ3v) is 2.27. The van der Waals surface area contributed by atoms with Crippen LogP contribution in [0.2, 0.25) is 0 Å². The number of likely N-dealkylation sites (N-methyl/N-ethyl adjacent to an activating group) is 1. The first-order valence-electron chi connectivity index (χ1n) is 3.76. The van der Waals surface area contributed by atoms with Crippen LogP contribution in [0.15, 0.2) is 11.8 Å². The van der Waals surface area contributed by atoms with Crippen molar-refractivity contribution in [3.05, 3.63) is 11.8 Å². The highest BCUT2D eigenvalue weighted by atomic mass is 15.5. The topological polar surface area (TPSA) is 27.3 Å². The van der Waals surface area contributed by atoms with Crippen LogP contribution < -0.4 is 10.7 Å². The molecule has 0 aromatic rings. The Hall–Kier alpha value is -0.540. The molecule has 0 saturated carbocycles. The van der Waals surface area contributed by atoms with E-state index in [2.05, 4.69) is 29.0 Å². The highest BCUT2D eigenvalue weighted by molar-refractivity contribution is 5.18. The van der Waals surface area contributed by atoms with Crippen molar-refractivity contribution in [2.45, 2.75) is 12.5 Å². The van der Waals surface area contributed by atoms with Crippen molar-refractivity contribution in [3.8, 4) is 0 Å². The van der Waals surface area contributed by atoms with Crippen molar-refractivity contribution < 1.29 is 0 Å². The minimum absolute atomic E-state index is 0.654. The lowest BCUT2D eigenvalue weighted by atomic mass is 10.0. The maximum absolute atomic E-state index is 3.34. The summed E-state index contributed by atoms with van der Waals surface area (Å²) in [6.07, 6.45) is 3.34. The van der Waals surface area contributed by atoms with Crippen LogP contribution >= 0.6 is 0 Å². The molecule has 2 aliphatic rings. The molecule has 10 heavy (non-hydrogen) atoms. The van der Waals surface area contributed by atoms with Crippen molar-refractivity contribution in [1.29, 1.82) is 0 Å². The second-order valence-corrected chi connectivity index (χ2v) is 2.94. The maximum atomic E-state index is 3.34. The molecule has 2 N–H and O–H groups in total. The summed E-state index contributed by atoms with van der Waals surface area (Å²) in [4.78, 5) is 0. The molecule has 0 radical (unpaired) electrons. The molecule has 0 bridgehead atoms. The molecule has 0 amide bonds. The quantitative estimate of drug-likeness (QED) is 0.482. The van der Waals surface area contributed by atoms with Gasteiger partial charge in [-0.3, -0.25) is 0 Å². The summed E-state index contributed by atoms with van der Waals surface area (Å²) in [5, 5.41) is 5.52. The van der Waals surface area contributed by atoms with Gasteiger partial charge >= 0.3 is 0 Å². The highest BCUT2D eigenvalue weighted by Crippen LogP contribution is 2.17. The van der Waals surface area contributed by atoms with Gasteiger partial charge in [-0.05, 0) is 18.5 Å². The number of hydrazine groups is 1. The van der Waals surface area contributed by atoms with Gasteiger partial charge in [0, 0.05) is 19.8 Å². The van der Waals surface area contributed by atoms with Gasteiger partial charge in [-0.15, -0.1) is 0 Å². The number of nitrogens with zero attached hydrogens (tertiary/aromatic N) is 1. The van der Waals surface area contributed by atoms with Crippen LogP contribution in [0.4, 0.5) is 0 Å². The lowest BCUT2D eigenvalue weighted by Crippen LogP contribution is -2.41. The van der Waals surface area contributed by atoms with Crippen molar-refractivity contribution in [2.24, 2.45) is 0 Å². The number of hydrogen-bond acceptors (Lipinski definition) is 3. The normalized spacial score (nSPS) is 32.9. The number of fused-ring (bicyclic) bond motifs is 1. The molecule has 0 aliphatic carbocycles. The standard InChI is InChI=1S/C7H13N3/c1-10-7-2-3-8-4-6(7)5-9-10/h5,7-9H,2-4H2,1H3. The van der Waals surface area contributed by atoms with E-state index in [-0.39, 0.29) is 0 Å². The number of piperidine rings is 1. The Bertz CT molecular complexity index is 164. The molecule has 0 spiro atoms. The zero-order valence-corrected chi connectivity index (χ0v) is 6.22. The molecule has 0 aromatic carbocycles. The Morgan fingerprint density at radius 1 is 1.70 bits per heavy atom. The highest BCUT2D eigenvalue weighted by Gasteiger charge is 2.25. The van der Waals surface area contributed by atoms with E-state index in [9.17, 15) is 0 Å². The van der Waals surface area contributed by atoms with E-state index in [1.165, 1.54) is 12.0 Å². The molecule has 56 valence electrons. The van der Waals surface area contributed by atoms with Crippen LogP contribution in [-0.2, 0) is 0 Å². The summed E-state index contributed by atoms with van der Waals surface area (Å²) in [6, 6.07) is 0.654. The molecular weight excluding hydrogens is 126 g/mol. The fourth-order valence-corrected chi connectivity index (χ4v) is 1.64. The number of nitrogens with one attached hydrogen (secondary N) is 2. The third-order valence-electron chi connectivity index (χ3n) is 2.27. The molecule has 3 nitrogen and oxygen atoms in total. The summed E-state index contributed by atoms with van der Waals surface area (Å²) in [6.45, 7) is 2.20. The van der Waals surface area contributed by atoms with Crippen molar-refractivity contribution in [2.75, 3.05) is 20.1 Å². The van der Waals surface area contributed by atoms with E-state index in [4.69, 9.17) is 0 Å². The molecular formula is C7H13N3. The largest absolute Gasteiger partial charge is 0.326 e. The number of hydrogen-bond donors (Lipinski definition) is 2. The van der Waals surface area contributed by atoms with E-state index in [0.717, 1.165) is 13.1 Å². The Kier molecular flexibility index (Phi) is 1.39. The smallest absolute Gasteiger partial charge is 0.0539 e. The van der Waals surface area contributed by atoms with Crippen LogP contribution in [0.1, 0.15) is 6.42 Å². The van der Waals surface area contributed by atoms with E-state index >= 15 is 0 Å². The zero-order valence-electron chi connectivity index (χ0n) is 6.22. The lowest BCUT2D eigenvalue weighted by Gasteiger charge is -2.26. The summed E-state index contributed by atoms with van der Waals surface area (Å²) in [5.41, 5.74) is 4.69. The fraction of sp³-hybridized carbons (Fsp3) is 0.714. The molecule has 2 heterocycles. The Balaban J connectivity index is 2.11. The van der Waals surface area contributed by atoms with Crippen molar-refractivity contribution in [3.63, 3.8) is 0 Å². The first kappa shape index (κ1) is 6.19. The fourth-order valence-electron chi connectivity index (χ4n) is 1.64. The molecule has 3 heteroatoms. The molecule has 1 saturated heterocycles. The minimum Gasteiger partial charge on any atom is -0.326 e. The Morgan fingerprint density at radius 3 is 3.40 bits per heavy atom. The van der Waals surface area contributed by atoms with E-state index in [1.54, 1.807) is 0 Å². The third kappa shape index (κ3) is 0.822. The molecule has 0 aromatic heterocycles. The van der Waals surface area contributed by atoms with Gasteiger partial charge < -0.3 is 10.7 Å². The molecule has 2 rings (SSSR count). The molecule has 1 fully saturated rings. The zero-order chi connectivity index (χ0) is 6.97. The van der Waals surface area contributed by atoms with Gasteiger partial charge in [0.15, 0.2) is 0 Å². The van der Waals surface area contributed by atoms with Gasteiger partial charge in [0.25, 0.3) is 0 Å². The van der Waals surface area contributed by atoms with E-state index in [1.807, 2.05) is 0 Å². The summed E-state index contributed by atoms with van der Waals surface area (Å²) in [7, 11) is 2.10. The summed E-state index contributed by atoms with van der Waals surface area (Å²) >= 11 is 0. The maximum Gasteiger partial charge on any atom is 0.0539 e. The Morgan fingerprint density at radius 2 is 2.60 bits per heavy atom. The molecule has 1 unspecified atom stereocenters. The van der Waals surface area contributed by atoms with E-state index < -0.39 is 0 Å². The van der Waals surface area contributed by atoms with Gasteiger partial charge in [-0.25, -0.2) is 5.01 Å². The van der Waals surface area contributed by atoms with Gasteiger partial charge in [0.1, 0.15) is 0 Å². The monoisotopic (exact) mass is 139 g/mol. The molecule has 1 atom stereocenters. The van der Waals surface area contributed by atoms with Gasteiger partial charge in [-0.1, -0.05) is 0 Å². The van der Waals surface area contributed by atoms with Gasteiger partial charge in [0.05, 0.1) is 6.04 Å². The van der Waals surface area contributed by atoms with Crippen LogP contribution in [0.5, 0.6) is 0 Å². The molecule has 2 aliphatic heterocycles. The second kappa shape index (κ2) is 2.25. The predicted molar refractivity (Wildman–Crippen MR) is 40.3 cm³/mol. The lowest BCUT2D eigenvalue weighted by molar-refractivity contribution is 0.226. The predicted octanol–water partition coefficient (Wildman–Crippen LogP) is -0.318. The van der Waals surface area contributed by atoms with Crippen LogP contribution in [0.3, 0.4) is 0 Å². The van der Waals surface area contributed by atoms with Crippen LogP contribution in [0, 0.1) is 0 Å². The SMILES string of the molecule is CN1NC=C2CNCCC21. The summed E-state index contributed by atoms with van der Waals surface area (Å²) < 4.78 is 0. The van der Waals surface area contributed by atoms with Crippen molar-refractivity contribution >= 4 is 0 Å². The number of rotatable bonds is 0. The Labute approximate surface area is 61.1 Å². The average molecular weight is 139 g/mol. The summed E-state index contributed by atoms with van der Waals surface area (Å²) in [5.74, 6) is 0. The van der Waals surface area contributed by atoms with E-state index in [0.29, 0.717) is 6.04 Å². The minimum atomic E-state index is 0.654. The van der Waals surface area contributed by atoms with Gasteiger partial charge in [0.2, 0.25) is 0 Å². The van der Waals surface area contributed by atoms with Gasteiger partial charge in [-0.2, -0.15) is 0 Å². The van der Waals surface area contributed by atoms with Crippen LogP contribution in [0.25, 0.3) is 0 Å². The first-order valence-corrected chi connectivity index (χ1v) is 3.76. The van der Waals surface area contributed by atoms with Crippen molar-refractivity contribution in [1.82, 2.24) is 15.8 Å². The second-order valence-electron chi connectivity index (χ2n) is 2.94. The van der Waals surface area contributed by atoms with Crippen LogP contribution in [-0.4, -0.2) is 31.2 Å².